The Morgan fingerprint density at radius 3 is 2.69 bits per heavy atom. The Labute approximate surface area is 80.2 Å². The Morgan fingerprint density at radius 2 is 2.00 bits per heavy atom. The summed E-state index contributed by atoms with van der Waals surface area (Å²) >= 11 is 0. The van der Waals surface area contributed by atoms with Gasteiger partial charge in [0.15, 0.2) is 0 Å². The van der Waals surface area contributed by atoms with E-state index in [4.69, 9.17) is 0 Å². The molecule has 1 saturated carbocycles. The molecule has 0 radical (unpaired) electrons. The molecule has 1 nitrogen and oxygen atoms in total. The van der Waals surface area contributed by atoms with Crippen molar-refractivity contribution in [1.82, 2.24) is 0 Å². The van der Waals surface area contributed by atoms with E-state index in [9.17, 15) is 5.11 Å². The van der Waals surface area contributed by atoms with Crippen LogP contribution in [-0.2, 0) is 0 Å². The third kappa shape index (κ3) is 2.02. The number of aliphatic hydroxyl groups excluding tert-OH is 1. The van der Waals surface area contributed by atoms with Crippen LogP contribution in [0.25, 0.3) is 0 Å². The molecule has 1 fully saturated rings. The summed E-state index contributed by atoms with van der Waals surface area (Å²) < 4.78 is 0. The van der Waals surface area contributed by atoms with Crippen molar-refractivity contribution >= 4 is 0 Å². The summed E-state index contributed by atoms with van der Waals surface area (Å²) in [7, 11) is 0. The van der Waals surface area contributed by atoms with Crippen LogP contribution in [0.15, 0.2) is 23.8 Å². The Bertz CT molecular complexity index is 227. The van der Waals surface area contributed by atoms with Gasteiger partial charge >= 0.3 is 0 Å². The first-order valence-corrected chi connectivity index (χ1v) is 5.42. The normalized spacial score (nSPS) is 34.4. The number of hydrogen-bond donors (Lipinski definition) is 1. The molecule has 0 bridgehead atoms. The fraction of sp³-hybridized carbons (Fsp3) is 0.667. The van der Waals surface area contributed by atoms with E-state index >= 15 is 0 Å². The van der Waals surface area contributed by atoms with Gasteiger partial charge in [-0.25, -0.2) is 0 Å². The van der Waals surface area contributed by atoms with Crippen LogP contribution in [0.2, 0.25) is 0 Å². The van der Waals surface area contributed by atoms with E-state index in [-0.39, 0.29) is 6.10 Å². The molecule has 0 aliphatic heterocycles. The monoisotopic (exact) mass is 178 g/mol. The van der Waals surface area contributed by atoms with E-state index in [0.717, 1.165) is 12.8 Å². The molecule has 0 aromatic carbocycles. The fourth-order valence-electron chi connectivity index (χ4n) is 2.41. The maximum Gasteiger partial charge on any atom is 0.0608 e. The van der Waals surface area contributed by atoms with Gasteiger partial charge in [-0.1, -0.05) is 31.1 Å². The first-order chi connectivity index (χ1) is 6.38. The largest absolute Gasteiger partial charge is 0.392 e. The van der Waals surface area contributed by atoms with E-state index in [1.54, 1.807) is 0 Å². The first-order valence-electron chi connectivity index (χ1n) is 5.42. The zero-order chi connectivity index (χ0) is 9.10. The second kappa shape index (κ2) is 4.10. The molecule has 2 aliphatic carbocycles. The lowest BCUT2D eigenvalue weighted by atomic mass is 9.80. The Balaban J connectivity index is 2.05. The highest BCUT2D eigenvalue weighted by atomic mass is 16.3. The Morgan fingerprint density at radius 1 is 1.15 bits per heavy atom. The van der Waals surface area contributed by atoms with Crippen molar-refractivity contribution in [2.24, 2.45) is 5.92 Å². The van der Waals surface area contributed by atoms with Crippen LogP contribution >= 0.6 is 0 Å². The minimum absolute atomic E-state index is 0.0808. The summed E-state index contributed by atoms with van der Waals surface area (Å²) in [5.74, 6) is 0.435. The van der Waals surface area contributed by atoms with Gasteiger partial charge in [-0.3, -0.25) is 0 Å². The lowest BCUT2D eigenvalue weighted by Gasteiger charge is -2.29. The average Bonchev–Trinajstić information content (AvgIpc) is 2.20. The lowest BCUT2D eigenvalue weighted by molar-refractivity contribution is 0.0887. The van der Waals surface area contributed by atoms with Crippen molar-refractivity contribution in [3.05, 3.63) is 23.8 Å². The van der Waals surface area contributed by atoms with Crippen LogP contribution in [0.1, 0.15) is 38.5 Å². The van der Waals surface area contributed by atoms with E-state index in [2.05, 4.69) is 18.2 Å². The first kappa shape index (κ1) is 9.01. The standard InChI is InChI=1S/C12H18O/c13-12-9-5-4-8-11(12)10-6-2-1-3-7-10/h2,6-7,11-13H,1,3-5,8-9H2/t11-,12?/m0/s1. The van der Waals surface area contributed by atoms with Crippen LogP contribution in [0.3, 0.4) is 0 Å². The zero-order valence-electron chi connectivity index (χ0n) is 8.08. The Kier molecular flexibility index (Phi) is 2.84. The average molecular weight is 178 g/mol. The summed E-state index contributed by atoms with van der Waals surface area (Å²) in [6, 6.07) is 0. The second-order valence-corrected chi connectivity index (χ2v) is 4.14. The van der Waals surface area contributed by atoms with Gasteiger partial charge in [-0.15, -0.1) is 0 Å². The van der Waals surface area contributed by atoms with Gasteiger partial charge < -0.3 is 5.11 Å². The highest BCUT2D eigenvalue weighted by molar-refractivity contribution is 5.26. The van der Waals surface area contributed by atoms with Gasteiger partial charge in [-0.2, -0.15) is 0 Å². The molecule has 0 saturated heterocycles. The quantitative estimate of drug-likeness (QED) is 0.654. The highest BCUT2D eigenvalue weighted by Crippen LogP contribution is 2.32. The highest BCUT2D eigenvalue weighted by Gasteiger charge is 2.25. The van der Waals surface area contributed by atoms with E-state index < -0.39 is 0 Å². The van der Waals surface area contributed by atoms with Gasteiger partial charge in [0.2, 0.25) is 0 Å². The number of hydrogen-bond acceptors (Lipinski definition) is 1. The smallest absolute Gasteiger partial charge is 0.0608 e. The maximum absolute atomic E-state index is 9.85. The van der Waals surface area contributed by atoms with Gasteiger partial charge in [0.1, 0.15) is 0 Å². The molecule has 2 atom stereocenters. The minimum Gasteiger partial charge on any atom is -0.392 e. The van der Waals surface area contributed by atoms with E-state index in [1.165, 1.54) is 31.3 Å². The van der Waals surface area contributed by atoms with Crippen molar-refractivity contribution in [3.8, 4) is 0 Å². The minimum atomic E-state index is -0.0808. The maximum atomic E-state index is 9.85. The van der Waals surface area contributed by atoms with Gasteiger partial charge in [0.05, 0.1) is 6.10 Å². The molecule has 0 aromatic heterocycles. The van der Waals surface area contributed by atoms with E-state index in [1.807, 2.05) is 0 Å². The van der Waals surface area contributed by atoms with Crippen molar-refractivity contribution in [1.29, 1.82) is 0 Å². The van der Waals surface area contributed by atoms with Crippen molar-refractivity contribution in [2.45, 2.75) is 44.6 Å². The third-order valence-electron chi connectivity index (χ3n) is 3.18. The topological polar surface area (TPSA) is 20.2 Å². The molecular weight excluding hydrogens is 160 g/mol. The summed E-state index contributed by atoms with van der Waals surface area (Å²) in [4.78, 5) is 0. The molecular formula is C12H18O. The van der Waals surface area contributed by atoms with Crippen LogP contribution in [0, 0.1) is 5.92 Å². The molecule has 0 amide bonds. The Hall–Kier alpha value is -0.560. The SMILES string of the molecule is OC1CCCC[C@H]1C1=CCCC=C1. The molecule has 0 spiro atoms. The zero-order valence-corrected chi connectivity index (χ0v) is 8.08. The van der Waals surface area contributed by atoms with Crippen molar-refractivity contribution in [3.63, 3.8) is 0 Å². The fourth-order valence-corrected chi connectivity index (χ4v) is 2.41. The number of aliphatic hydroxyl groups is 1. The summed E-state index contributed by atoms with van der Waals surface area (Å²) in [5, 5.41) is 9.85. The van der Waals surface area contributed by atoms with Crippen molar-refractivity contribution in [2.75, 3.05) is 0 Å². The van der Waals surface area contributed by atoms with Gasteiger partial charge in [0, 0.05) is 5.92 Å². The second-order valence-electron chi connectivity index (χ2n) is 4.14. The van der Waals surface area contributed by atoms with Crippen LogP contribution in [-0.4, -0.2) is 11.2 Å². The van der Waals surface area contributed by atoms with E-state index in [0.29, 0.717) is 5.92 Å². The molecule has 2 rings (SSSR count). The number of allylic oxidation sites excluding steroid dienone is 3. The molecule has 72 valence electrons. The molecule has 1 N–H and O–H groups in total. The van der Waals surface area contributed by atoms with Crippen LogP contribution < -0.4 is 0 Å². The van der Waals surface area contributed by atoms with Gasteiger partial charge in [0.25, 0.3) is 0 Å². The number of rotatable bonds is 1. The molecule has 1 heteroatoms. The molecule has 0 aromatic rings. The summed E-state index contributed by atoms with van der Waals surface area (Å²) in [6.07, 6.45) is 13.7. The lowest BCUT2D eigenvalue weighted by Crippen LogP contribution is -2.25. The molecule has 1 unspecified atom stereocenters. The van der Waals surface area contributed by atoms with Crippen LogP contribution in [0.5, 0.6) is 0 Å². The van der Waals surface area contributed by atoms with Crippen molar-refractivity contribution < 1.29 is 5.11 Å². The predicted molar refractivity (Wildman–Crippen MR) is 54.4 cm³/mol. The summed E-state index contributed by atoms with van der Waals surface area (Å²) in [6.45, 7) is 0. The predicted octanol–water partition coefficient (Wildman–Crippen LogP) is 2.81. The third-order valence-corrected chi connectivity index (χ3v) is 3.18. The van der Waals surface area contributed by atoms with Crippen LogP contribution in [0.4, 0.5) is 0 Å². The molecule has 0 heterocycles. The summed E-state index contributed by atoms with van der Waals surface area (Å²) in [5.41, 5.74) is 1.39. The molecule has 13 heavy (non-hydrogen) atoms. The molecule has 2 aliphatic rings. The van der Waals surface area contributed by atoms with Gasteiger partial charge in [-0.05, 0) is 31.3 Å².